The van der Waals surface area contributed by atoms with Gasteiger partial charge in [-0.1, -0.05) is 18.2 Å². The van der Waals surface area contributed by atoms with Crippen LogP contribution in [0.15, 0.2) is 30.3 Å². The molecule has 0 radical (unpaired) electrons. The van der Waals surface area contributed by atoms with Gasteiger partial charge in [0.15, 0.2) is 5.60 Å². The van der Waals surface area contributed by atoms with Gasteiger partial charge in [-0.15, -0.1) is 0 Å². The number of ether oxygens (including phenoxy) is 1. The van der Waals surface area contributed by atoms with Crippen LogP contribution in [0.25, 0.3) is 0 Å². The molecule has 0 spiro atoms. The number of para-hydroxylation sites is 1. The van der Waals surface area contributed by atoms with Crippen LogP contribution < -0.4 is 9.46 Å². The second-order valence-electron chi connectivity index (χ2n) is 4.38. The number of aliphatic hydroxyl groups is 1. The first-order valence-corrected chi connectivity index (χ1v) is 7.49. The lowest BCUT2D eigenvalue weighted by Gasteiger charge is -2.18. The first kappa shape index (κ1) is 16.4. The van der Waals surface area contributed by atoms with Gasteiger partial charge in [0.2, 0.25) is 10.0 Å². The van der Waals surface area contributed by atoms with Crippen molar-refractivity contribution < 1.29 is 28.2 Å². The summed E-state index contributed by atoms with van der Waals surface area (Å²) in [6, 6.07) is 8.70. The molecule has 7 nitrogen and oxygen atoms in total. The molecule has 0 aliphatic rings. The van der Waals surface area contributed by atoms with Gasteiger partial charge < -0.3 is 14.9 Å². The number of rotatable bonds is 8. The van der Waals surface area contributed by atoms with E-state index < -0.39 is 28.1 Å². The van der Waals surface area contributed by atoms with Crippen LogP contribution >= 0.6 is 0 Å². The summed E-state index contributed by atoms with van der Waals surface area (Å²) in [5.41, 5.74) is -2.15. The molecular weight excluding hydrogens is 286 g/mol. The number of aliphatic carboxylic acids is 1. The quantitative estimate of drug-likeness (QED) is 0.614. The Balaban J connectivity index is 2.41. The van der Waals surface area contributed by atoms with Crippen LogP contribution in [0.2, 0.25) is 0 Å². The monoisotopic (exact) mass is 303 g/mol. The third kappa shape index (κ3) is 5.55. The number of hydrogen-bond acceptors (Lipinski definition) is 5. The molecule has 0 aliphatic heterocycles. The molecule has 1 atom stereocenters. The summed E-state index contributed by atoms with van der Waals surface area (Å²) in [4.78, 5) is 10.6. The van der Waals surface area contributed by atoms with E-state index in [1.54, 1.807) is 30.3 Å². The Labute approximate surface area is 117 Å². The summed E-state index contributed by atoms with van der Waals surface area (Å²) in [7, 11) is -3.72. The van der Waals surface area contributed by atoms with Gasteiger partial charge in [0.05, 0.1) is 5.75 Å². The van der Waals surface area contributed by atoms with Crippen molar-refractivity contribution in [3.05, 3.63) is 30.3 Å². The summed E-state index contributed by atoms with van der Waals surface area (Å²) in [6.07, 6.45) is 0. The van der Waals surface area contributed by atoms with E-state index in [4.69, 9.17) is 9.84 Å². The van der Waals surface area contributed by atoms with E-state index in [0.29, 0.717) is 5.75 Å². The molecule has 0 saturated heterocycles. The Morgan fingerprint density at radius 3 is 2.50 bits per heavy atom. The standard InChI is InChI=1S/C12H17NO6S/c1-12(16,11(14)15)9-13-20(17,18)8-7-19-10-5-3-2-4-6-10/h2-6,13,16H,7-9H2,1H3,(H,14,15). The van der Waals surface area contributed by atoms with Crippen LogP contribution in [0, 0.1) is 0 Å². The molecule has 0 fully saturated rings. The molecule has 0 aliphatic carbocycles. The van der Waals surface area contributed by atoms with Gasteiger partial charge in [-0.25, -0.2) is 17.9 Å². The highest BCUT2D eigenvalue weighted by molar-refractivity contribution is 7.89. The van der Waals surface area contributed by atoms with Gasteiger partial charge in [-0.3, -0.25) is 0 Å². The third-order valence-corrected chi connectivity index (χ3v) is 3.75. The van der Waals surface area contributed by atoms with Crippen molar-refractivity contribution in [2.75, 3.05) is 18.9 Å². The zero-order valence-electron chi connectivity index (χ0n) is 10.9. The zero-order chi connectivity index (χ0) is 15.2. The van der Waals surface area contributed by atoms with Crippen molar-refractivity contribution in [1.29, 1.82) is 0 Å². The largest absolute Gasteiger partial charge is 0.492 e. The van der Waals surface area contributed by atoms with E-state index in [1.165, 1.54) is 0 Å². The molecule has 1 aromatic carbocycles. The molecule has 3 N–H and O–H groups in total. The van der Waals surface area contributed by atoms with Gasteiger partial charge in [-0.05, 0) is 19.1 Å². The van der Waals surface area contributed by atoms with E-state index in [2.05, 4.69) is 0 Å². The van der Waals surface area contributed by atoms with Crippen molar-refractivity contribution in [3.63, 3.8) is 0 Å². The molecule has 0 heterocycles. The van der Waals surface area contributed by atoms with Crippen LogP contribution in [-0.2, 0) is 14.8 Å². The molecule has 1 rings (SSSR count). The van der Waals surface area contributed by atoms with Gasteiger partial charge in [0.25, 0.3) is 0 Å². The van der Waals surface area contributed by atoms with Crippen molar-refractivity contribution in [1.82, 2.24) is 4.72 Å². The van der Waals surface area contributed by atoms with Crippen LogP contribution in [0.1, 0.15) is 6.92 Å². The molecule has 0 aromatic heterocycles. The summed E-state index contributed by atoms with van der Waals surface area (Å²) >= 11 is 0. The average molecular weight is 303 g/mol. The number of sulfonamides is 1. The predicted molar refractivity (Wildman–Crippen MR) is 72.0 cm³/mol. The normalized spacial score (nSPS) is 14.5. The average Bonchev–Trinajstić information content (AvgIpc) is 2.38. The van der Waals surface area contributed by atoms with Gasteiger partial charge in [0.1, 0.15) is 12.4 Å². The molecule has 1 aromatic rings. The summed E-state index contributed by atoms with van der Waals surface area (Å²) in [6.45, 7) is 0.336. The minimum absolute atomic E-state index is 0.0748. The molecule has 0 bridgehead atoms. The lowest BCUT2D eigenvalue weighted by Crippen LogP contribution is -2.47. The zero-order valence-corrected chi connectivity index (χ0v) is 11.8. The smallest absolute Gasteiger partial charge is 0.336 e. The number of carbonyl (C=O) groups is 1. The lowest BCUT2D eigenvalue weighted by molar-refractivity contribution is -0.155. The Morgan fingerprint density at radius 2 is 1.95 bits per heavy atom. The second kappa shape index (κ2) is 6.69. The number of carboxylic acids is 1. The summed E-state index contributed by atoms with van der Waals surface area (Å²) in [5, 5.41) is 18.1. The first-order valence-electron chi connectivity index (χ1n) is 5.84. The van der Waals surface area contributed by atoms with Crippen LogP contribution in [0.4, 0.5) is 0 Å². The Kier molecular flexibility index (Phi) is 5.49. The Hall–Kier alpha value is -1.64. The second-order valence-corrected chi connectivity index (χ2v) is 6.31. The van der Waals surface area contributed by atoms with Crippen LogP contribution in [0.3, 0.4) is 0 Å². The van der Waals surface area contributed by atoms with Crippen LogP contribution in [0.5, 0.6) is 5.75 Å². The maximum Gasteiger partial charge on any atom is 0.336 e. The topological polar surface area (TPSA) is 113 Å². The fourth-order valence-corrected chi connectivity index (χ4v) is 2.13. The molecule has 0 saturated carbocycles. The van der Waals surface area contributed by atoms with E-state index >= 15 is 0 Å². The minimum atomic E-state index is -3.72. The summed E-state index contributed by atoms with van der Waals surface area (Å²) in [5.74, 6) is -1.29. The SMILES string of the molecule is CC(O)(CNS(=O)(=O)CCOc1ccccc1)C(=O)O. The number of benzene rings is 1. The van der Waals surface area contributed by atoms with Gasteiger partial charge >= 0.3 is 5.97 Å². The predicted octanol–water partition coefficient (Wildman–Crippen LogP) is -0.180. The fourth-order valence-electron chi connectivity index (χ4n) is 1.18. The Bertz CT molecular complexity index is 540. The Morgan fingerprint density at radius 1 is 1.35 bits per heavy atom. The lowest BCUT2D eigenvalue weighted by atomic mass is 10.1. The van der Waals surface area contributed by atoms with Crippen molar-refractivity contribution in [2.45, 2.75) is 12.5 Å². The van der Waals surface area contributed by atoms with E-state index in [9.17, 15) is 18.3 Å². The number of hydrogen-bond donors (Lipinski definition) is 3. The van der Waals surface area contributed by atoms with Crippen molar-refractivity contribution in [3.8, 4) is 5.75 Å². The minimum Gasteiger partial charge on any atom is -0.492 e. The number of carboxylic acid groups (broad SMARTS) is 1. The molecule has 112 valence electrons. The van der Waals surface area contributed by atoms with Crippen molar-refractivity contribution in [2.24, 2.45) is 0 Å². The highest BCUT2D eigenvalue weighted by atomic mass is 32.2. The van der Waals surface area contributed by atoms with Crippen molar-refractivity contribution >= 4 is 16.0 Å². The fraction of sp³-hybridized carbons (Fsp3) is 0.417. The first-order chi connectivity index (χ1) is 9.23. The number of nitrogens with one attached hydrogen (secondary N) is 1. The maximum atomic E-state index is 11.6. The van der Waals surface area contributed by atoms with E-state index in [0.717, 1.165) is 6.92 Å². The van der Waals surface area contributed by atoms with E-state index in [1.807, 2.05) is 4.72 Å². The van der Waals surface area contributed by atoms with Crippen LogP contribution in [-0.4, -0.2) is 49.1 Å². The molecule has 20 heavy (non-hydrogen) atoms. The maximum absolute atomic E-state index is 11.6. The third-order valence-electron chi connectivity index (χ3n) is 2.46. The summed E-state index contributed by atoms with van der Waals surface area (Å²) < 4.78 is 30.4. The van der Waals surface area contributed by atoms with Gasteiger partial charge in [-0.2, -0.15) is 0 Å². The highest BCUT2D eigenvalue weighted by Gasteiger charge is 2.31. The molecule has 8 heteroatoms. The van der Waals surface area contributed by atoms with Gasteiger partial charge in [0, 0.05) is 6.54 Å². The highest BCUT2D eigenvalue weighted by Crippen LogP contribution is 2.08. The molecule has 1 unspecified atom stereocenters. The van der Waals surface area contributed by atoms with E-state index in [-0.39, 0.29) is 12.4 Å². The molecular formula is C12H17NO6S. The molecule has 0 amide bonds.